The summed E-state index contributed by atoms with van der Waals surface area (Å²) in [5, 5.41) is 15.5. The van der Waals surface area contributed by atoms with Gasteiger partial charge in [0.15, 0.2) is 0 Å². The average molecular weight is 306 g/mol. The molecule has 3 aromatic rings. The molecule has 1 unspecified atom stereocenters. The van der Waals surface area contributed by atoms with E-state index in [1.54, 1.807) is 0 Å². The van der Waals surface area contributed by atoms with Crippen LogP contribution in [-0.2, 0) is 13.5 Å². The number of hydrogen-bond acceptors (Lipinski definition) is 3. The largest absolute Gasteiger partial charge is 0.388 e. The highest BCUT2D eigenvalue weighted by molar-refractivity contribution is 5.69. The third kappa shape index (κ3) is 1.71. The minimum atomic E-state index is -0.487. The number of aliphatic hydroxyl groups excluding tert-OH is 1. The summed E-state index contributed by atoms with van der Waals surface area (Å²) in [5.41, 5.74) is 5.69. The van der Waals surface area contributed by atoms with Crippen LogP contribution in [0.3, 0.4) is 0 Å². The van der Waals surface area contributed by atoms with Crippen molar-refractivity contribution in [3.63, 3.8) is 0 Å². The Kier molecular flexibility index (Phi) is 2.59. The van der Waals surface area contributed by atoms with Gasteiger partial charge in [0.25, 0.3) is 0 Å². The maximum absolute atomic E-state index is 11.0. The number of fused-ring (bicyclic) bond motifs is 4. The normalized spacial score (nSPS) is 25.0. The van der Waals surface area contributed by atoms with Crippen LogP contribution in [0.1, 0.15) is 35.4 Å². The Morgan fingerprint density at radius 1 is 1.22 bits per heavy atom. The zero-order valence-electron chi connectivity index (χ0n) is 12.9. The van der Waals surface area contributed by atoms with Crippen molar-refractivity contribution >= 4 is 0 Å². The number of hydrogen-bond donors (Lipinski definition) is 1. The topological polar surface area (TPSA) is 55.9 Å². The lowest BCUT2D eigenvalue weighted by molar-refractivity contribution is 0.0718. The minimum absolute atomic E-state index is 0.142. The van der Waals surface area contributed by atoms with E-state index in [0.29, 0.717) is 0 Å². The Morgan fingerprint density at radius 2 is 2.09 bits per heavy atom. The van der Waals surface area contributed by atoms with Gasteiger partial charge in [-0.05, 0) is 18.4 Å². The molecule has 1 aliphatic carbocycles. The second-order valence-electron chi connectivity index (χ2n) is 6.57. The third-order valence-electron chi connectivity index (χ3n) is 5.30. The highest BCUT2D eigenvalue weighted by Crippen LogP contribution is 2.49. The summed E-state index contributed by atoms with van der Waals surface area (Å²) in [6.07, 6.45) is 7.14. The van der Waals surface area contributed by atoms with Gasteiger partial charge in [0.05, 0.1) is 36.1 Å². The minimum Gasteiger partial charge on any atom is -0.388 e. The molecule has 3 heterocycles. The molecule has 0 amide bonds. The fourth-order valence-electron chi connectivity index (χ4n) is 4.33. The zero-order chi connectivity index (χ0) is 15.6. The highest BCUT2D eigenvalue weighted by atomic mass is 16.3. The summed E-state index contributed by atoms with van der Waals surface area (Å²) >= 11 is 0. The lowest BCUT2D eigenvalue weighted by Crippen LogP contribution is -2.28. The number of aliphatic hydroxyl groups is 1. The van der Waals surface area contributed by atoms with E-state index in [-0.39, 0.29) is 12.0 Å². The van der Waals surface area contributed by atoms with E-state index < -0.39 is 6.10 Å². The predicted molar refractivity (Wildman–Crippen MR) is 85.8 cm³/mol. The predicted octanol–water partition coefficient (Wildman–Crippen LogP) is 2.48. The van der Waals surface area contributed by atoms with Crippen LogP contribution < -0.4 is 0 Å². The summed E-state index contributed by atoms with van der Waals surface area (Å²) in [4.78, 5) is 4.33. The van der Waals surface area contributed by atoms with Crippen LogP contribution in [0.25, 0.3) is 11.3 Å². The first-order valence-corrected chi connectivity index (χ1v) is 8.05. The van der Waals surface area contributed by atoms with E-state index in [1.807, 2.05) is 30.5 Å². The second-order valence-corrected chi connectivity index (χ2v) is 6.57. The number of nitrogens with zero attached hydrogens (tertiary/aromatic N) is 4. The smallest absolute Gasteiger partial charge is 0.0956 e. The Morgan fingerprint density at radius 3 is 3.00 bits per heavy atom. The molecule has 116 valence electrons. The van der Waals surface area contributed by atoms with Crippen molar-refractivity contribution in [3.05, 3.63) is 59.8 Å². The van der Waals surface area contributed by atoms with Gasteiger partial charge in [0.1, 0.15) is 0 Å². The standard InChI is InChI=1S/C18H18N4O/c1-21-9-14-15(20-21)7-6-13(18(14)23)17-12-5-3-2-4-11(12)16-8-19-10-22(16)17/h2-5,8-10,13,17-18,23H,6-7H2,1H3/t13-,17?,18-/m0/s1. The monoisotopic (exact) mass is 306 g/mol. The van der Waals surface area contributed by atoms with Gasteiger partial charge in [-0.1, -0.05) is 24.3 Å². The van der Waals surface area contributed by atoms with Crippen LogP contribution in [0, 0.1) is 5.92 Å². The molecule has 5 nitrogen and oxygen atoms in total. The molecule has 3 atom stereocenters. The van der Waals surface area contributed by atoms with E-state index in [9.17, 15) is 5.11 Å². The maximum Gasteiger partial charge on any atom is 0.0956 e. The Hall–Kier alpha value is -2.40. The van der Waals surface area contributed by atoms with Gasteiger partial charge < -0.3 is 9.67 Å². The fourth-order valence-corrected chi connectivity index (χ4v) is 4.33. The van der Waals surface area contributed by atoms with Crippen molar-refractivity contribution in [2.45, 2.75) is 25.0 Å². The van der Waals surface area contributed by atoms with E-state index in [0.717, 1.165) is 29.8 Å². The van der Waals surface area contributed by atoms with Gasteiger partial charge in [-0.3, -0.25) is 4.68 Å². The van der Waals surface area contributed by atoms with Gasteiger partial charge in [0.2, 0.25) is 0 Å². The lowest BCUT2D eigenvalue weighted by Gasteiger charge is -2.33. The Balaban J connectivity index is 1.63. The second kappa shape index (κ2) is 4.55. The first-order valence-electron chi connectivity index (χ1n) is 8.05. The van der Waals surface area contributed by atoms with Crippen molar-refractivity contribution < 1.29 is 5.11 Å². The molecule has 2 aliphatic rings. The summed E-state index contributed by atoms with van der Waals surface area (Å²) < 4.78 is 4.03. The van der Waals surface area contributed by atoms with Gasteiger partial charge in [0, 0.05) is 30.3 Å². The molecular weight excluding hydrogens is 288 g/mol. The van der Waals surface area contributed by atoms with E-state index in [2.05, 4.69) is 38.9 Å². The number of benzene rings is 1. The summed E-state index contributed by atoms with van der Waals surface area (Å²) in [6, 6.07) is 8.62. The molecule has 0 spiro atoms. The SMILES string of the molecule is Cn1cc2c(n1)CC[C@@H](C1c3ccccc3-c3cncn31)[C@@H]2O. The average Bonchev–Trinajstić information content (AvgIpc) is 3.22. The number of rotatable bonds is 1. The van der Waals surface area contributed by atoms with Crippen LogP contribution in [0.5, 0.6) is 0 Å². The molecule has 5 rings (SSSR count). The quantitative estimate of drug-likeness (QED) is 0.751. The van der Waals surface area contributed by atoms with E-state index in [1.165, 1.54) is 11.1 Å². The first-order chi connectivity index (χ1) is 11.2. The molecule has 1 N–H and O–H groups in total. The fraction of sp³-hybridized carbons (Fsp3) is 0.333. The molecule has 2 aromatic heterocycles. The molecule has 0 radical (unpaired) electrons. The van der Waals surface area contributed by atoms with Gasteiger partial charge >= 0.3 is 0 Å². The molecule has 0 fully saturated rings. The number of aryl methyl sites for hydroxylation is 2. The van der Waals surface area contributed by atoms with E-state index in [4.69, 9.17) is 0 Å². The van der Waals surface area contributed by atoms with Crippen LogP contribution in [0.15, 0.2) is 43.0 Å². The van der Waals surface area contributed by atoms with Crippen molar-refractivity contribution in [3.8, 4) is 11.3 Å². The van der Waals surface area contributed by atoms with Gasteiger partial charge in [-0.2, -0.15) is 5.10 Å². The van der Waals surface area contributed by atoms with Crippen LogP contribution in [0.2, 0.25) is 0 Å². The molecule has 1 aliphatic heterocycles. The number of imidazole rings is 1. The maximum atomic E-state index is 11.0. The van der Waals surface area contributed by atoms with Gasteiger partial charge in [-0.25, -0.2) is 4.98 Å². The molecule has 5 heteroatoms. The Bertz CT molecular complexity index is 894. The zero-order valence-corrected chi connectivity index (χ0v) is 12.9. The molecular formula is C18H18N4O. The van der Waals surface area contributed by atoms with Crippen molar-refractivity contribution in [1.82, 2.24) is 19.3 Å². The van der Waals surface area contributed by atoms with Crippen LogP contribution in [0.4, 0.5) is 0 Å². The molecule has 23 heavy (non-hydrogen) atoms. The Labute approximate surface area is 134 Å². The highest BCUT2D eigenvalue weighted by Gasteiger charge is 2.41. The van der Waals surface area contributed by atoms with Crippen LogP contribution in [-0.4, -0.2) is 24.4 Å². The summed E-state index contributed by atoms with van der Waals surface area (Å²) in [7, 11) is 1.92. The number of aromatic nitrogens is 4. The molecule has 0 saturated heterocycles. The molecule has 1 aromatic carbocycles. The summed E-state index contributed by atoms with van der Waals surface area (Å²) in [5.74, 6) is 0.142. The molecule has 0 saturated carbocycles. The van der Waals surface area contributed by atoms with Crippen LogP contribution >= 0.6 is 0 Å². The summed E-state index contributed by atoms with van der Waals surface area (Å²) in [6.45, 7) is 0. The van der Waals surface area contributed by atoms with Gasteiger partial charge in [-0.15, -0.1) is 0 Å². The third-order valence-corrected chi connectivity index (χ3v) is 5.30. The van der Waals surface area contributed by atoms with Crippen molar-refractivity contribution in [1.29, 1.82) is 0 Å². The van der Waals surface area contributed by atoms with Crippen molar-refractivity contribution in [2.24, 2.45) is 13.0 Å². The van der Waals surface area contributed by atoms with Crippen molar-refractivity contribution in [2.75, 3.05) is 0 Å². The molecule has 0 bridgehead atoms. The first kappa shape index (κ1) is 13.1. The lowest BCUT2D eigenvalue weighted by atomic mass is 9.78. The van der Waals surface area contributed by atoms with E-state index >= 15 is 0 Å².